The van der Waals surface area contributed by atoms with Gasteiger partial charge in [0.2, 0.25) is 5.91 Å². The molecule has 1 aromatic heterocycles. The second-order valence-corrected chi connectivity index (χ2v) is 8.42. The summed E-state index contributed by atoms with van der Waals surface area (Å²) in [6, 6.07) is 26.4. The van der Waals surface area contributed by atoms with Gasteiger partial charge in [0.25, 0.3) is 0 Å². The first-order chi connectivity index (χ1) is 15.2. The molecule has 0 saturated carbocycles. The maximum atomic E-state index is 13.6. The second-order valence-electron chi connectivity index (χ2n) is 7.48. The molecule has 0 spiro atoms. The molecule has 0 fully saturated rings. The maximum Gasteiger partial charge on any atom is 0.242 e. The van der Waals surface area contributed by atoms with Gasteiger partial charge in [-0.15, -0.1) is 10.2 Å². The Morgan fingerprint density at radius 3 is 2.06 bits per heavy atom. The molecule has 3 aromatic carbocycles. The normalized spacial score (nSPS) is 12.7. The number of aryl methyl sites for hydroxylation is 3. The topological polar surface area (TPSA) is 51.0 Å². The van der Waals surface area contributed by atoms with Crippen LogP contribution in [-0.4, -0.2) is 26.4 Å². The molecule has 1 aliphatic rings. The van der Waals surface area contributed by atoms with E-state index in [1.165, 1.54) is 22.9 Å². The summed E-state index contributed by atoms with van der Waals surface area (Å²) < 4.78 is 1.99. The Hall–Kier alpha value is -3.38. The smallest absolute Gasteiger partial charge is 0.242 e. The summed E-state index contributed by atoms with van der Waals surface area (Å²) in [5.41, 5.74) is 5.32. The van der Waals surface area contributed by atoms with E-state index in [2.05, 4.69) is 22.3 Å². The third-order valence-corrected chi connectivity index (χ3v) is 6.43. The molecule has 6 heteroatoms. The number of nitrogens with zero attached hydrogens (tertiary/aromatic N) is 4. The quantitative estimate of drug-likeness (QED) is 0.425. The van der Waals surface area contributed by atoms with Gasteiger partial charge in [0.05, 0.1) is 17.1 Å². The highest BCUT2D eigenvalue weighted by Crippen LogP contribution is 2.36. The molecule has 4 aromatic rings. The number of hydrogen-bond acceptors (Lipinski definition) is 4. The SMILES string of the molecule is Cc1nnc(SCC(=O)N2c3ccccc3CCc3ccccc32)n1-c1ccccc1. The summed E-state index contributed by atoms with van der Waals surface area (Å²) >= 11 is 1.42. The third-order valence-electron chi connectivity index (χ3n) is 5.51. The minimum Gasteiger partial charge on any atom is -0.280 e. The predicted molar refractivity (Wildman–Crippen MR) is 124 cm³/mol. The first-order valence-electron chi connectivity index (χ1n) is 10.3. The van der Waals surface area contributed by atoms with E-state index in [1.54, 1.807) is 0 Å². The minimum absolute atomic E-state index is 0.0343. The summed E-state index contributed by atoms with van der Waals surface area (Å²) in [4.78, 5) is 15.4. The monoisotopic (exact) mass is 426 g/mol. The highest BCUT2D eigenvalue weighted by atomic mass is 32.2. The fourth-order valence-corrected chi connectivity index (χ4v) is 4.90. The van der Waals surface area contributed by atoms with Crippen molar-refractivity contribution in [1.29, 1.82) is 0 Å². The van der Waals surface area contributed by atoms with Crippen LogP contribution in [0, 0.1) is 6.92 Å². The molecule has 0 unspecified atom stereocenters. The molecule has 5 rings (SSSR count). The van der Waals surface area contributed by atoms with Crippen LogP contribution in [0.4, 0.5) is 11.4 Å². The molecule has 31 heavy (non-hydrogen) atoms. The number of amides is 1. The largest absolute Gasteiger partial charge is 0.280 e. The van der Waals surface area contributed by atoms with E-state index < -0.39 is 0 Å². The van der Waals surface area contributed by atoms with Gasteiger partial charge in [-0.05, 0) is 55.2 Å². The lowest BCUT2D eigenvalue weighted by Gasteiger charge is -2.25. The van der Waals surface area contributed by atoms with Crippen molar-refractivity contribution in [2.24, 2.45) is 0 Å². The van der Waals surface area contributed by atoms with Crippen LogP contribution >= 0.6 is 11.8 Å². The highest BCUT2D eigenvalue weighted by Gasteiger charge is 2.26. The third kappa shape index (κ3) is 3.75. The van der Waals surface area contributed by atoms with Gasteiger partial charge in [-0.2, -0.15) is 0 Å². The molecule has 0 atom stereocenters. The summed E-state index contributed by atoms with van der Waals surface area (Å²) in [5, 5.41) is 9.28. The summed E-state index contributed by atoms with van der Waals surface area (Å²) in [5.74, 6) is 1.10. The van der Waals surface area contributed by atoms with Crippen molar-refractivity contribution in [2.75, 3.05) is 10.7 Å². The fraction of sp³-hybridized carbons (Fsp3) is 0.160. The molecule has 2 heterocycles. The van der Waals surface area contributed by atoms with Gasteiger partial charge in [0.1, 0.15) is 5.82 Å². The van der Waals surface area contributed by atoms with E-state index in [0.717, 1.165) is 35.7 Å². The van der Waals surface area contributed by atoms with Crippen molar-refractivity contribution in [1.82, 2.24) is 14.8 Å². The number of thioether (sulfide) groups is 1. The first-order valence-corrected chi connectivity index (χ1v) is 11.3. The molecule has 5 nitrogen and oxygen atoms in total. The molecule has 0 saturated heterocycles. The van der Waals surface area contributed by atoms with Gasteiger partial charge in [0.15, 0.2) is 5.16 Å². The summed E-state index contributed by atoms with van der Waals surface area (Å²) in [6.07, 6.45) is 1.84. The molecule has 1 amide bonds. The van der Waals surface area contributed by atoms with E-state index in [9.17, 15) is 4.79 Å². The lowest BCUT2D eigenvalue weighted by molar-refractivity contribution is -0.115. The van der Waals surface area contributed by atoms with Crippen LogP contribution < -0.4 is 4.90 Å². The van der Waals surface area contributed by atoms with Crippen molar-refractivity contribution < 1.29 is 4.79 Å². The lowest BCUT2D eigenvalue weighted by atomic mass is 10.0. The molecule has 0 radical (unpaired) electrons. The maximum absolute atomic E-state index is 13.6. The van der Waals surface area contributed by atoms with Crippen molar-refractivity contribution in [3.63, 3.8) is 0 Å². The van der Waals surface area contributed by atoms with Gasteiger partial charge in [-0.25, -0.2) is 0 Å². The Balaban J connectivity index is 1.46. The molecule has 0 bridgehead atoms. The zero-order valence-corrected chi connectivity index (χ0v) is 18.0. The average Bonchev–Trinajstić information content (AvgIpc) is 3.09. The molecule has 0 N–H and O–H groups in total. The number of aromatic nitrogens is 3. The van der Waals surface area contributed by atoms with Crippen LogP contribution in [0.25, 0.3) is 5.69 Å². The number of benzene rings is 3. The average molecular weight is 427 g/mol. The standard InChI is InChI=1S/C25H22N4OS/c1-18-26-27-25(28(18)21-11-3-2-4-12-21)31-17-24(30)29-22-13-7-5-9-19(22)15-16-20-10-6-8-14-23(20)29/h2-14H,15-17H2,1H3. The number of para-hydroxylation sites is 3. The van der Waals surface area contributed by atoms with E-state index >= 15 is 0 Å². The van der Waals surface area contributed by atoms with Crippen molar-refractivity contribution in [3.05, 3.63) is 95.8 Å². The van der Waals surface area contributed by atoms with Crippen LogP contribution in [0.15, 0.2) is 84.0 Å². The number of anilines is 2. The van der Waals surface area contributed by atoms with E-state index in [4.69, 9.17) is 0 Å². The van der Waals surface area contributed by atoms with Crippen LogP contribution in [0.1, 0.15) is 17.0 Å². The molecular weight excluding hydrogens is 404 g/mol. The second kappa shape index (κ2) is 8.40. The van der Waals surface area contributed by atoms with Crippen molar-refractivity contribution in [3.8, 4) is 5.69 Å². The Bertz CT molecular complexity index is 1190. The number of fused-ring (bicyclic) bond motifs is 2. The first kappa shape index (κ1) is 19.6. The molecule has 154 valence electrons. The zero-order chi connectivity index (χ0) is 21.2. The molecule has 0 aliphatic carbocycles. The van der Waals surface area contributed by atoms with Gasteiger partial charge >= 0.3 is 0 Å². The van der Waals surface area contributed by atoms with Gasteiger partial charge in [-0.1, -0.05) is 66.4 Å². The van der Waals surface area contributed by atoms with Gasteiger partial charge in [-0.3, -0.25) is 14.3 Å². The van der Waals surface area contributed by atoms with E-state index in [0.29, 0.717) is 5.16 Å². The number of rotatable bonds is 4. The van der Waals surface area contributed by atoms with E-state index in [1.807, 2.05) is 83.1 Å². The van der Waals surface area contributed by atoms with Crippen LogP contribution in [0.5, 0.6) is 0 Å². The predicted octanol–water partition coefficient (Wildman–Crippen LogP) is 5.13. The number of hydrogen-bond donors (Lipinski definition) is 0. The summed E-state index contributed by atoms with van der Waals surface area (Å²) in [7, 11) is 0. The van der Waals surface area contributed by atoms with E-state index in [-0.39, 0.29) is 11.7 Å². The van der Waals surface area contributed by atoms with Crippen molar-refractivity contribution in [2.45, 2.75) is 24.9 Å². The Morgan fingerprint density at radius 2 is 1.42 bits per heavy atom. The van der Waals surface area contributed by atoms with Crippen molar-refractivity contribution >= 4 is 29.0 Å². The Kier molecular flexibility index (Phi) is 5.30. The fourth-order valence-electron chi connectivity index (χ4n) is 4.05. The molecular formula is C25H22N4OS. The van der Waals surface area contributed by atoms with Gasteiger partial charge < -0.3 is 0 Å². The van der Waals surface area contributed by atoms with Gasteiger partial charge in [0, 0.05) is 5.69 Å². The Labute approximate surface area is 185 Å². The molecule has 1 aliphatic heterocycles. The zero-order valence-electron chi connectivity index (χ0n) is 17.2. The van der Waals surface area contributed by atoms with Crippen LogP contribution in [-0.2, 0) is 17.6 Å². The lowest BCUT2D eigenvalue weighted by Crippen LogP contribution is -2.28. The van der Waals surface area contributed by atoms with Crippen LogP contribution in [0.2, 0.25) is 0 Å². The Morgan fingerprint density at radius 1 is 0.839 bits per heavy atom. The van der Waals surface area contributed by atoms with Crippen LogP contribution in [0.3, 0.4) is 0 Å². The number of carbonyl (C=O) groups excluding carboxylic acids is 1. The minimum atomic E-state index is 0.0343. The highest BCUT2D eigenvalue weighted by molar-refractivity contribution is 7.99. The number of carbonyl (C=O) groups is 1. The summed E-state index contributed by atoms with van der Waals surface area (Å²) in [6.45, 7) is 1.92.